The highest BCUT2D eigenvalue weighted by Gasteiger charge is 2.34. The zero-order valence-electron chi connectivity index (χ0n) is 31.8. The van der Waals surface area contributed by atoms with Crippen LogP contribution in [0.1, 0.15) is 90.7 Å². The number of ether oxygens (including phenoxy) is 4. The average Bonchev–Trinajstić information content (AvgIpc) is 3.23. The Morgan fingerprint density at radius 2 is 1.47 bits per heavy atom. The number of rotatable bonds is 17. The molecule has 55 heavy (non-hydrogen) atoms. The Balaban J connectivity index is 1.12. The number of benzene rings is 4. The van der Waals surface area contributed by atoms with Crippen molar-refractivity contribution in [1.29, 1.82) is 0 Å². The molecule has 0 saturated carbocycles. The fraction of sp³-hybridized carbons (Fsp3) is 0.409. The van der Waals surface area contributed by atoms with E-state index in [9.17, 15) is 14.7 Å². The van der Waals surface area contributed by atoms with Gasteiger partial charge in [-0.25, -0.2) is 5.48 Å². The quantitative estimate of drug-likeness (QED) is 0.0514. The van der Waals surface area contributed by atoms with Gasteiger partial charge >= 0.3 is 0 Å². The Morgan fingerprint density at radius 1 is 0.782 bits per heavy atom. The number of carbonyl (C=O) groups excluding carboxylic acids is 2. The monoisotopic (exact) mass is 751 g/mol. The van der Waals surface area contributed by atoms with Crippen molar-refractivity contribution in [3.63, 3.8) is 0 Å². The molecule has 0 aromatic heterocycles. The van der Waals surface area contributed by atoms with E-state index in [-0.39, 0.29) is 37.0 Å². The van der Waals surface area contributed by atoms with Crippen LogP contribution in [0.5, 0.6) is 11.5 Å². The molecule has 0 unspecified atom stereocenters. The van der Waals surface area contributed by atoms with Crippen molar-refractivity contribution in [3.8, 4) is 22.6 Å². The molecule has 2 aliphatic heterocycles. The summed E-state index contributed by atoms with van der Waals surface area (Å²) in [6.45, 7) is 2.86. The lowest BCUT2D eigenvalue weighted by Crippen LogP contribution is -2.41. The van der Waals surface area contributed by atoms with E-state index in [1.807, 2.05) is 48.5 Å². The van der Waals surface area contributed by atoms with Crippen LogP contribution in [-0.4, -0.2) is 60.4 Å². The van der Waals surface area contributed by atoms with Crippen LogP contribution in [0.2, 0.25) is 0 Å². The summed E-state index contributed by atoms with van der Waals surface area (Å²) in [6, 6.07) is 28.6. The molecule has 292 valence electrons. The first-order valence-electron chi connectivity index (χ1n) is 19.2. The molecule has 6 rings (SSSR count). The van der Waals surface area contributed by atoms with Crippen LogP contribution >= 0.6 is 0 Å². The second-order valence-corrected chi connectivity index (χ2v) is 14.4. The van der Waals surface area contributed by atoms with Gasteiger partial charge in [-0.2, -0.15) is 0 Å². The van der Waals surface area contributed by atoms with Crippen LogP contribution < -0.4 is 20.3 Å². The molecule has 1 saturated heterocycles. The number of hydroxylamine groups is 1. The van der Waals surface area contributed by atoms with E-state index < -0.39 is 6.29 Å². The predicted octanol–water partition coefficient (Wildman–Crippen LogP) is 6.93. The van der Waals surface area contributed by atoms with Crippen molar-refractivity contribution in [2.75, 3.05) is 27.3 Å². The van der Waals surface area contributed by atoms with Crippen LogP contribution in [-0.2, 0) is 45.2 Å². The van der Waals surface area contributed by atoms with Crippen molar-refractivity contribution < 1.29 is 38.9 Å². The topological polar surface area (TPSA) is 139 Å². The minimum absolute atomic E-state index is 0.00377. The fourth-order valence-corrected chi connectivity index (χ4v) is 7.41. The molecule has 2 heterocycles. The van der Waals surface area contributed by atoms with Gasteiger partial charge in [0.2, 0.25) is 11.8 Å². The number of hydrogen-bond acceptors (Lipinski definition) is 9. The van der Waals surface area contributed by atoms with Gasteiger partial charge in [-0.05, 0) is 82.5 Å². The molecule has 0 radical (unpaired) electrons. The molecule has 1 fully saturated rings. The second kappa shape index (κ2) is 19.7. The highest BCUT2D eigenvalue weighted by Crippen LogP contribution is 2.40. The number of amides is 2. The van der Waals surface area contributed by atoms with Crippen molar-refractivity contribution in [2.24, 2.45) is 0 Å². The summed E-state index contributed by atoms with van der Waals surface area (Å²) < 4.78 is 24.6. The number of hydrogen-bond donors (Lipinski definition) is 4. The Morgan fingerprint density at radius 3 is 2.18 bits per heavy atom. The van der Waals surface area contributed by atoms with E-state index in [2.05, 4.69) is 46.6 Å². The number of aliphatic hydroxyl groups excluding tert-OH is 1. The van der Waals surface area contributed by atoms with E-state index in [0.29, 0.717) is 25.8 Å². The third-order valence-electron chi connectivity index (χ3n) is 10.5. The number of methoxy groups -OCH3 is 2. The number of aliphatic hydroxyl groups is 1. The summed E-state index contributed by atoms with van der Waals surface area (Å²) in [4.78, 5) is 26.1. The molecule has 4 aromatic rings. The van der Waals surface area contributed by atoms with E-state index in [4.69, 9.17) is 24.2 Å². The first-order chi connectivity index (χ1) is 26.8. The van der Waals surface area contributed by atoms with Gasteiger partial charge in [-0.15, -0.1) is 0 Å². The predicted molar refractivity (Wildman–Crippen MR) is 208 cm³/mol. The summed E-state index contributed by atoms with van der Waals surface area (Å²) in [6.07, 6.45) is 4.56. The van der Waals surface area contributed by atoms with Gasteiger partial charge in [-0.1, -0.05) is 73.5 Å². The summed E-state index contributed by atoms with van der Waals surface area (Å²) in [5.74, 6) is 1.10. The molecule has 4 N–H and O–H groups in total. The lowest BCUT2D eigenvalue weighted by molar-refractivity contribution is -0.253. The zero-order chi connectivity index (χ0) is 38.6. The smallest absolute Gasteiger partial charge is 0.243 e. The summed E-state index contributed by atoms with van der Waals surface area (Å²) >= 11 is 0. The minimum Gasteiger partial charge on any atom is -0.493 e. The number of fused-ring (bicyclic) bond motifs is 1. The number of nitrogens with one attached hydrogen (secondary N) is 2. The normalized spacial score (nSPS) is 18.3. The van der Waals surface area contributed by atoms with Crippen molar-refractivity contribution in [1.82, 2.24) is 15.7 Å². The van der Waals surface area contributed by atoms with Gasteiger partial charge in [-0.3, -0.25) is 19.7 Å². The molecular weight excluding hydrogens is 698 g/mol. The Labute approximate surface area is 323 Å². The molecule has 11 heteroatoms. The van der Waals surface area contributed by atoms with E-state index in [1.54, 1.807) is 19.7 Å². The van der Waals surface area contributed by atoms with Crippen LogP contribution in [0.15, 0.2) is 84.9 Å². The average molecular weight is 752 g/mol. The lowest BCUT2D eigenvalue weighted by Gasteiger charge is -2.39. The largest absolute Gasteiger partial charge is 0.493 e. The third kappa shape index (κ3) is 10.9. The highest BCUT2D eigenvalue weighted by atomic mass is 16.7. The van der Waals surface area contributed by atoms with Crippen LogP contribution in [0.4, 0.5) is 0 Å². The van der Waals surface area contributed by atoms with Crippen LogP contribution in [0.25, 0.3) is 11.1 Å². The molecule has 0 bridgehead atoms. The maximum Gasteiger partial charge on any atom is 0.243 e. The number of carbonyl (C=O) groups is 2. The first kappa shape index (κ1) is 39.9. The van der Waals surface area contributed by atoms with Crippen molar-refractivity contribution in [3.05, 3.63) is 118 Å². The SMILES string of the molecule is COc1cc2c(cc1OC)CN(C[C@@H]1C[C@H](c3ccc(CO)cc3)O[C@H](c3cccc(-c4cccc(CNC(=O)CCCCCCC(=O)NO)c4)c3)O1)CC2. The van der Waals surface area contributed by atoms with E-state index >= 15 is 0 Å². The second-order valence-electron chi connectivity index (χ2n) is 14.4. The minimum atomic E-state index is -0.586. The molecule has 2 amide bonds. The molecule has 0 spiro atoms. The molecule has 3 atom stereocenters. The van der Waals surface area contributed by atoms with Gasteiger partial charge in [0.15, 0.2) is 17.8 Å². The van der Waals surface area contributed by atoms with Gasteiger partial charge in [0.1, 0.15) is 0 Å². The maximum absolute atomic E-state index is 12.5. The van der Waals surface area contributed by atoms with Gasteiger partial charge in [0.05, 0.1) is 33.0 Å². The Kier molecular flexibility index (Phi) is 14.3. The maximum atomic E-state index is 12.5. The van der Waals surface area contributed by atoms with Crippen LogP contribution in [0.3, 0.4) is 0 Å². The molecule has 2 aliphatic rings. The molecule has 11 nitrogen and oxygen atoms in total. The van der Waals surface area contributed by atoms with Gasteiger partial charge in [0.25, 0.3) is 0 Å². The molecule has 0 aliphatic carbocycles. The van der Waals surface area contributed by atoms with Gasteiger partial charge < -0.3 is 29.4 Å². The van der Waals surface area contributed by atoms with Gasteiger partial charge in [0, 0.05) is 51.0 Å². The Bertz CT molecular complexity index is 1880. The summed E-state index contributed by atoms with van der Waals surface area (Å²) in [5.41, 5.74) is 10.0. The number of unbranched alkanes of at least 4 members (excludes halogenated alkanes) is 3. The third-order valence-corrected chi connectivity index (χ3v) is 10.5. The molecular formula is C44H53N3O8. The fourth-order valence-electron chi connectivity index (χ4n) is 7.41. The Hall–Kier alpha value is -4.78. The van der Waals surface area contributed by atoms with E-state index in [1.165, 1.54) is 11.1 Å². The lowest BCUT2D eigenvalue weighted by atomic mass is 9.96. The van der Waals surface area contributed by atoms with Crippen molar-refractivity contribution in [2.45, 2.75) is 89.6 Å². The molecule has 4 aromatic carbocycles. The van der Waals surface area contributed by atoms with Crippen molar-refractivity contribution >= 4 is 11.8 Å². The highest BCUT2D eigenvalue weighted by molar-refractivity contribution is 5.76. The summed E-state index contributed by atoms with van der Waals surface area (Å²) in [7, 11) is 3.33. The number of nitrogens with zero attached hydrogens (tertiary/aromatic N) is 1. The standard InChI is InChI=1S/C44H53N3O8/c1-52-40-23-35-19-20-47(27-37(35)24-41(40)53-2)28-38-25-39(32-17-15-30(29-48)16-18-32)55-44(54-38)36-12-8-11-34(22-36)33-10-7-9-31(21-33)26-45-42(49)13-5-3-4-6-14-43(50)46-51/h7-12,15-18,21-24,38-39,44,48,51H,3-6,13-14,19-20,25-29H2,1-2H3,(H,45,49)(H,46,50)/t38-,39+,44+/m0/s1. The first-order valence-corrected chi connectivity index (χ1v) is 19.2. The van der Waals surface area contributed by atoms with E-state index in [0.717, 1.165) is 90.2 Å². The summed E-state index contributed by atoms with van der Waals surface area (Å²) in [5, 5.41) is 21.3. The van der Waals surface area contributed by atoms with Crippen LogP contribution in [0, 0.1) is 0 Å². The zero-order valence-corrected chi connectivity index (χ0v) is 31.8.